The van der Waals surface area contributed by atoms with Crippen LogP contribution in [-0.2, 0) is 18.5 Å². The van der Waals surface area contributed by atoms with Gasteiger partial charge in [0.1, 0.15) is 5.82 Å². The number of alkyl halides is 3. The Morgan fingerprint density at radius 2 is 2.04 bits per heavy atom. The van der Waals surface area contributed by atoms with Crippen molar-refractivity contribution < 1.29 is 13.2 Å². The minimum absolute atomic E-state index is 0.0249. The van der Waals surface area contributed by atoms with Crippen LogP contribution in [-0.4, -0.2) is 35.0 Å². The fraction of sp³-hybridized carbons (Fsp3) is 0.267. The van der Waals surface area contributed by atoms with Crippen LogP contribution in [0, 0.1) is 6.92 Å². The van der Waals surface area contributed by atoms with Crippen LogP contribution >= 0.6 is 23.4 Å². The van der Waals surface area contributed by atoms with E-state index in [1.165, 1.54) is 23.9 Å². The molecule has 2 heterocycles. The van der Waals surface area contributed by atoms with E-state index in [9.17, 15) is 13.2 Å². The molecular formula is C15H13ClF3N7S. The third-order valence-electron chi connectivity index (χ3n) is 3.57. The summed E-state index contributed by atoms with van der Waals surface area (Å²) in [6.45, 7) is 6.00. The molecule has 0 N–H and O–H groups in total. The minimum Gasteiger partial charge on any atom is -0.302 e. The van der Waals surface area contributed by atoms with E-state index < -0.39 is 11.7 Å². The van der Waals surface area contributed by atoms with Crippen molar-refractivity contribution >= 4 is 23.4 Å². The Morgan fingerprint density at radius 3 is 2.74 bits per heavy atom. The molecule has 0 saturated heterocycles. The molecule has 7 nitrogen and oxygen atoms in total. The standard InChI is InChI=1S/C15H13ClF3N7S/c1-3-6-25-9(2)20-22-14(25)27-8-13-21-23-24-26(13)12-5-4-10(16)7-11(12)15(17,18)19/h3-5,7H,1,6,8H2,2H3. The molecule has 3 aromatic rings. The Bertz CT molecular complexity index is 967. The summed E-state index contributed by atoms with van der Waals surface area (Å²) in [6, 6.07) is 3.44. The Balaban J connectivity index is 1.91. The molecule has 0 amide bonds. The first kappa shape index (κ1) is 19.4. The largest absolute Gasteiger partial charge is 0.418 e. The summed E-state index contributed by atoms with van der Waals surface area (Å²) in [5, 5.41) is 19.7. The van der Waals surface area contributed by atoms with Gasteiger partial charge in [-0.3, -0.25) is 0 Å². The van der Waals surface area contributed by atoms with Gasteiger partial charge in [0.25, 0.3) is 0 Å². The van der Waals surface area contributed by atoms with Crippen LogP contribution in [0.3, 0.4) is 0 Å². The maximum Gasteiger partial charge on any atom is 0.418 e. The first-order valence-corrected chi connectivity index (χ1v) is 8.95. The van der Waals surface area contributed by atoms with Gasteiger partial charge in [-0.25, -0.2) is 0 Å². The lowest BCUT2D eigenvalue weighted by Gasteiger charge is -2.13. The van der Waals surface area contributed by atoms with E-state index in [1.807, 2.05) is 4.57 Å². The summed E-state index contributed by atoms with van der Waals surface area (Å²) >= 11 is 6.99. The molecular weight excluding hydrogens is 403 g/mol. The number of aryl methyl sites for hydroxylation is 1. The zero-order valence-electron chi connectivity index (χ0n) is 14.0. The molecule has 0 radical (unpaired) electrons. The fourth-order valence-electron chi connectivity index (χ4n) is 2.34. The average molecular weight is 416 g/mol. The van der Waals surface area contributed by atoms with E-state index in [-0.39, 0.29) is 22.3 Å². The number of thioether (sulfide) groups is 1. The van der Waals surface area contributed by atoms with Crippen molar-refractivity contribution in [2.45, 2.75) is 30.6 Å². The number of rotatable bonds is 6. The molecule has 0 spiro atoms. The van der Waals surface area contributed by atoms with E-state index in [0.717, 1.165) is 10.7 Å². The van der Waals surface area contributed by atoms with Crippen molar-refractivity contribution in [2.24, 2.45) is 0 Å². The van der Waals surface area contributed by atoms with Gasteiger partial charge in [-0.2, -0.15) is 17.9 Å². The second kappa shape index (κ2) is 7.69. The topological polar surface area (TPSA) is 74.3 Å². The average Bonchev–Trinajstić information content (AvgIpc) is 3.20. The zero-order valence-corrected chi connectivity index (χ0v) is 15.6. The molecule has 0 bridgehead atoms. The van der Waals surface area contributed by atoms with Crippen LogP contribution in [0.15, 0.2) is 36.0 Å². The molecule has 27 heavy (non-hydrogen) atoms. The molecule has 142 valence electrons. The van der Waals surface area contributed by atoms with Gasteiger partial charge in [0.15, 0.2) is 11.0 Å². The van der Waals surface area contributed by atoms with Gasteiger partial charge in [-0.05, 0) is 35.5 Å². The molecule has 0 unspecified atom stereocenters. The predicted octanol–water partition coefficient (Wildman–Crippen LogP) is 3.71. The highest BCUT2D eigenvalue weighted by molar-refractivity contribution is 7.98. The second-order valence-electron chi connectivity index (χ2n) is 5.38. The molecule has 0 atom stereocenters. The van der Waals surface area contributed by atoms with Gasteiger partial charge >= 0.3 is 6.18 Å². The number of halogens is 4. The lowest BCUT2D eigenvalue weighted by Crippen LogP contribution is -2.13. The van der Waals surface area contributed by atoms with Crippen LogP contribution < -0.4 is 0 Å². The van der Waals surface area contributed by atoms with Crippen LogP contribution in [0.5, 0.6) is 0 Å². The fourth-order valence-corrected chi connectivity index (χ4v) is 3.41. The van der Waals surface area contributed by atoms with E-state index >= 15 is 0 Å². The van der Waals surface area contributed by atoms with Crippen molar-refractivity contribution in [1.82, 2.24) is 35.0 Å². The van der Waals surface area contributed by atoms with E-state index in [0.29, 0.717) is 17.5 Å². The molecule has 0 fully saturated rings. The van der Waals surface area contributed by atoms with Crippen LogP contribution in [0.4, 0.5) is 13.2 Å². The highest BCUT2D eigenvalue weighted by atomic mass is 35.5. The van der Waals surface area contributed by atoms with E-state index in [1.54, 1.807) is 13.0 Å². The summed E-state index contributed by atoms with van der Waals surface area (Å²) in [5.41, 5.74) is -1.12. The van der Waals surface area contributed by atoms with Gasteiger partial charge in [-0.15, -0.1) is 21.9 Å². The van der Waals surface area contributed by atoms with Gasteiger partial charge < -0.3 is 4.57 Å². The van der Waals surface area contributed by atoms with E-state index in [4.69, 9.17) is 11.6 Å². The predicted molar refractivity (Wildman–Crippen MR) is 93.7 cm³/mol. The highest BCUT2D eigenvalue weighted by Gasteiger charge is 2.35. The number of tetrazole rings is 1. The quantitative estimate of drug-likeness (QED) is 0.451. The Labute approximate surface area is 161 Å². The molecule has 12 heteroatoms. The maximum absolute atomic E-state index is 13.4. The number of hydrogen-bond donors (Lipinski definition) is 0. The van der Waals surface area contributed by atoms with Gasteiger partial charge in [0.05, 0.1) is 17.0 Å². The highest BCUT2D eigenvalue weighted by Crippen LogP contribution is 2.36. The molecule has 0 aliphatic carbocycles. The van der Waals surface area contributed by atoms with Crippen molar-refractivity contribution in [2.75, 3.05) is 0 Å². The Hall–Kier alpha value is -2.40. The molecule has 0 aliphatic rings. The second-order valence-corrected chi connectivity index (χ2v) is 6.76. The first-order chi connectivity index (χ1) is 12.8. The number of aromatic nitrogens is 7. The van der Waals surface area contributed by atoms with Crippen molar-refractivity contribution in [3.8, 4) is 5.69 Å². The summed E-state index contributed by atoms with van der Waals surface area (Å²) in [6.07, 6.45) is -2.90. The minimum atomic E-state index is -4.60. The summed E-state index contributed by atoms with van der Waals surface area (Å²) in [4.78, 5) is 0. The zero-order chi connectivity index (χ0) is 19.6. The van der Waals surface area contributed by atoms with Crippen molar-refractivity contribution in [1.29, 1.82) is 0 Å². The first-order valence-electron chi connectivity index (χ1n) is 7.59. The van der Waals surface area contributed by atoms with E-state index in [2.05, 4.69) is 32.3 Å². The number of allylic oxidation sites excluding steroid dienone is 1. The molecule has 0 aliphatic heterocycles. The molecule has 3 rings (SSSR count). The third kappa shape index (κ3) is 4.14. The Kier molecular flexibility index (Phi) is 5.51. The lowest BCUT2D eigenvalue weighted by atomic mass is 10.1. The van der Waals surface area contributed by atoms with Crippen molar-refractivity contribution in [3.63, 3.8) is 0 Å². The normalized spacial score (nSPS) is 11.7. The summed E-state index contributed by atoms with van der Waals surface area (Å²) < 4.78 is 43.0. The van der Waals surface area contributed by atoms with Gasteiger partial charge in [-0.1, -0.05) is 29.4 Å². The molecule has 1 aromatic carbocycles. The van der Waals surface area contributed by atoms with Crippen molar-refractivity contribution in [3.05, 3.63) is 53.1 Å². The van der Waals surface area contributed by atoms with Gasteiger partial charge in [0.2, 0.25) is 0 Å². The lowest BCUT2D eigenvalue weighted by molar-refractivity contribution is -0.137. The SMILES string of the molecule is C=CCn1c(C)nnc1SCc1nnnn1-c1ccc(Cl)cc1C(F)(F)F. The number of nitrogens with zero attached hydrogens (tertiary/aromatic N) is 7. The summed E-state index contributed by atoms with van der Waals surface area (Å²) in [7, 11) is 0. The molecule has 2 aromatic heterocycles. The van der Waals surface area contributed by atoms with Gasteiger partial charge in [0, 0.05) is 11.6 Å². The number of hydrogen-bond acceptors (Lipinski definition) is 6. The van der Waals surface area contributed by atoms with Crippen LogP contribution in [0.1, 0.15) is 17.2 Å². The van der Waals surface area contributed by atoms with Crippen LogP contribution in [0.2, 0.25) is 5.02 Å². The van der Waals surface area contributed by atoms with Crippen LogP contribution in [0.25, 0.3) is 5.69 Å². The molecule has 0 saturated carbocycles. The third-order valence-corrected chi connectivity index (χ3v) is 4.77. The maximum atomic E-state index is 13.4. The summed E-state index contributed by atoms with van der Waals surface area (Å²) in [5.74, 6) is 1.13. The number of benzene rings is 1. The smallest absolute Gasteiger partial charge is 0.302 e. The Morgan fingerprint density at radius 1 is 1.26 bits per heavy atom. The monoisotopic (exact) mass is 415 g/mol.